The van der Waals surface area contributed by atoms with Gasteiger partial charge in [0.05, 0.1) is 0 Å². The van der Waals surface area contributed by atoms with Crippen molar-refractivity contribution in [2.75, 3.05) is 19.7 Å². The van der Waals surface area contributed by atoms with Crippen molar-refractivity contribution in [3.8, 4) is 0 Å². The van der Waals surface area contributed by atoms with Gasteiger partial charge in [-0.15, -0.1) is 0 Å². The fraction of sp³-hybridized carbons (Fsp3) is 0.400. The highest BCUT2D eigenvalue weighted by Crippen LogP contribution is 1.97. The number of allylic oxidation sites excluding steroid dienone is 1. The molecule has 3 nitrogen and oxygen atoms in total. The van der Waals surface area contributed by atoms with Crippen LogP contribution in [0.2, 0.25) is 0 Å². The van der Waals surface area contributed by atoms with Gasteiger partial charge in [-0.25, -0.2) is 4.79 Å². The van der Waals surface area contributed by atoms with Gasteiger partial charge < -0.3 is 10.1 Å². The van der Waals surface area contributed by atoms with Crippen LogP contribution in [0.15, 0.2) is 42.0 Å². The summed E-state index contributed by atoms with van der Waals surface area (Å²) in [6, 6.07) is 10.3. The zero-order valence-electron chi connectivity index (χ0n) is 11.1. The molecular formula is C15H21NO2. The highest BCUT2D eigenvalue weighted by atomic mass is 16.5. The molecule has 0 fully saturated rings. The van der Waals surface area contributed by atoms with Crippen molar-refractivity contribution in [3.05, 3.63) is 47.5 Å². The Balaban J connectivity index is 2.03. The minimum atomic E-state index is -0.264. The summed E-state index contributed by atoms with van der Waals surface area (Å²) >= 11 is 0. The Morgan fingerprint density at radius 1 is 1.22 bits per heavy atom. The van der Waals surface area contributed by atoms with Crippen molar-refractivity contribution in [1.82, 2.24) is 5.32 Å². The van der Waals surface area contributed by atoms with E-state index in [-0.39, 0.29) is 5.97 Å². The van der Waals surface area contributed by atoms with E-state index >= 15 is 0 Å². The third kappa shape index (κ3) is 6.86. The first-order valence-electron chi connectivity index (χ1n) is 6.25. The van der Waals surface area contributed by atoms with E-state index in [1.54, 1.807) is 0 Å². The monoisotopic (exact) mass is 247 g/mol. The first-order valence-corrected chi connectivity index (χ1v) is 6.25. The van der Waals surface area contributed by atoms with E-state index in [2.05, 4.69) is 17.4 Å². The maximum absolute atomic E-state index is 11.2. The number of benzene rings is 1. The molecule has 0 heterocycles. The van der Waals surface area contributed by atoms with E-state index in [0.717, 1.165) is 18.5 Å². The van der Waals surface area contributed by atoms with Crippen molar-refractivity contribution in [3.63, 3.8) is 0 Å². The van der Waals surface area contributed by atoms with Crippen LogP contribution in [0.25, 0.3) is 0 Å². The van der Waals surface area contributed by atoms with Crippen LogP contribution < -0.4 is 5.32 Å². The SMILES string of the molecule is CC(C)=CC(=O)OCCNCCc1ccccc1. The quantitative estimate of drug-likeness (QED) is 0.456. The van der Waals surface area contributed by atoms with Gasteiger partial charge >= 0.3 is 5.97 Å². The molecule has 0 radical (unpaired) electrons. The number of carbonyl (C=O) groups excluding carboxylic acids is 1. The number of carbonyl (C=O) groups is 1. The lowest BCUT2D eigenvalue weighted by atomic mass is 10.1. The molecule has 3 heteroatoms. The minimum absolute atomic E-state index is 0.264. The topological polar surface area (TPSA) is 38.3 Å². The zero-order chi connectivity index (χ0) is 13.2. The van der Waals surface area contributed by atoms with Crippen LogP contribution in [0.5, 0.6) is 0 Å². The molecule has 1 aromatic carbocycles. The molecule has 0 atom stereocenters. The van der Waals surface area contributed by atoms with Crippen LogP contribution in [-0.2, 0) is 16.0 Å². The number of ether oxygens (including phenoxy) is 1. The maximum Gasteiger partial charge on any atom is 0.330 e. The minimum Gasteiger partial charge on any atom is -0.461 e. The molecule has 0 unspecified atom stereocenters. The molecule has 18 heavy (non-hydrogen) atoms. The largest absolute Gasteiger partial charge is 0.461 e. The molecule has 0 aromatic heterocycles. The molecule has 1 N–H and O–H groups in total. The summed E-state index contributed by atoms with van der Waals surface area (Å²) in [6.45, 7) is 5.75. The van der Waals surface area contributed by atoms with Gasteiger partial charge in [-0.05, 0) is 32.4 Å². The second kappa shape index (κ2) is 8.48. The summed E-state index contributed by atoms with van der Waals surface area (Å²) in [5.41, 5.74) is 2.27. The summed E-state index contributed by atoms with van der Waals surface area (Å²) in [6.07, 6.45) is 2.49. The van der Waals surface area contributed by atoms with E-state index in [1.165, 1.54) is 11.6 Å². The second-order valence-electron chi connectivity index (χ2n) is 4.37. The molecule has 0 amide bonds. The van der Waals surface area contributed by atoms with Crippen molar-refractivity contribution in [2.45, 2.75) is 20.3 Å². The Labute approximate surface area is 109 Å². The Morgan fingerprint density at radius 2 is 1.94 bits per heavy atom. The van der Waals surface area contributed by atoms with Crippen molar-refractivity contribution < 1.29 is 9.53 Å². The van der Waals surface area contributed by atoms with Crippen molar-refractivity contribution in [1.29, 1.82) is 0 Å². The van der Waals surface area contributed by atoms with Crippen LogP contribution in [0, 0.1) is 0 Å². The third-order valence-electron chi connectivity index (χ3n) is 2.36. The predicted octanol–water partition coefficient (Wildman–Crippen LogP) is 2.33. The van der Waals surface area contributed by atoms with Gasteiger partial charge in [0.1, 0.15) is 6.61 Å². The van der Waals surface area contributed by atoms with Crippen molar-refractivity contribution in [2.24, 2.45) is 0 Å². The fourth-order valence-electron chi connectivity index (χ4n) is 1.50. The van der Waals surface area contributed by atoms with Gasteiger partial charge in [0.2, 0.25) is 0 Å². The summed E-state index contributed by atoms with van der Waals surface area (Å²) < 4.78 is 5.03. The van der Waals surface area contributed by atoms with Crippen LogP contribution in [-0.4, -0.2) is 25.7 Å². The number of esters is 1. The molecule has 0 aliphatic heterocycles. The van der Waals surface area contributed by atoms with Crippen LogP contribution in [0.3, 0.4) is 0 Å². The van der Waals surface area contributed by atoms with Crippen molar-refractivity contribution >= 4 is 5.97 Å². The summed E-state index contributed by atoms with van der Waals surface area (Å²) in [7, 11) is 0. The number of nitrogens with one attached hydrogen (secondary N) is 1. The lowest BCUT2D eigenvalue weighted by molar-refractivity contribution is -0.137. The number of hydrogen-bond donors (Lipinski definition) is 1. The summed E-state index contributed by atoms with van der Waals surface area (Å²) in [5, 5.41) is 3.24. The molecule has 0 saturated carbocycles. The third-order valence-corrected chi connectivity index (χ3v) is 2.36. The highest BCUT2D eigenvalue weighted by molar-refractivity contribution is 5.82. The first-order chi connectivity index (χ1) is 8.68. The standard InChI is InChI=1S/C15H21NO2/c1-13(2)12-15(17)18-11-10-16-9-8-14-6-4-3-5-7-14/h3-7,12,16H,8-11H2,1-2H3. The Hall–Kier alpha value is -1.61. The van der Waals surface area contributed by atoms with E-state index in [4.69, 9.17) is 4.74 Å². The van der Waals surface area contributed by atoms with Crippen LogP contribution >= 0.6 is 0 Å². The smallest absolute Gasteiger partial charge is 0.330 e. The molecular weight excluding hydrogens is 226 g/mol. The van der Waals surface area contributed by atoms with Gasteiger partial charge in [-0.3, -0.25) is 0 Å². The molecule has 98 valence electrons. The first kappa shape index (κ1) is 14.5. The number of hydrogen-bond acceptors (Lipinski definition) is 3. The molecule has 0 bridgehead atoms. The van der Waals surface area contributed by atoms with E-state index in [9.17, 15) is 4.79 Å². The van der Waals surface area contributed by atoms with Crippen LogP contribution in [0.1, 0.15) is 19.4 Å². The number of rotatable bonds is 7. The Bertz CT molecular complexity index is 381. The lowest BCUT2D eigenvalue weighted by Crippen LogP contribution is -2.23. The normalized spacial score (nSPS) is 9.89. The molecule has 0 aliphatic carbocycles. The predicted molar refractivity (Wildman–Crippen MR) is 73.4 cm³/mol. The van der Waals surface area contributed by atoms with Gasteiger partial charge in [0.25, 0.3) is 0 Å². The molecule has 0 aliphatic rings. The van der Waals surface area contributed by atoms with Gasteiger partial charge in [0.15, 0.2) is 0 Å². The Morgan fingerprint density at radius 3 is 2.61 bits per heavy atom. The zero-order valence-corrected chi connectivity index (χ0v) is 11.1. The van der Waals surface area contributed by atoms with Gasteiger partial charge in [-0.2, -0.15) is 0 Å². The summed E-state index contributed by atoms with van der Waals surface area (Å²) in [5.74, 6) is -0.264. The van der Waals surface area contributed by atoms with E-state index in [0.29, 0.717) is 13.2 Å². The van der Waals surface area contributed by atoms with Gasteiger partial charge in [0, 0.05) is 12.6 Å². The molecule has 0 spiro atoms. The second-order valence-corrected chi connectivity index (χ2v) is 4.37. The lowest BCUT2D eigenvalue weighted by Gasteiger charge is -2.05. The average Bonchev–Trinajstić information content (AvgIpc) is 2.34. The maximum atomic E-state index is 11.2. The van der Waals surface area contributed by atoms with E-state index < -0.39 is 0 Å². The molecule has 1 aromatic rings. The molecule has 0 saturated heterocycles. The van der Waals surface area contributed by atoms with E-state index in [1.807, 2.05) is 32.0 Å². The van der Waals surface area contributed by atoms with Crippen LogP contribution in [0.4, 0.5) is 0 Å². The fourth-order valence-corrected chi connectivity index (χ4v) is 1.50. The Kier molecular flexibility index (Phi) is 6.81. The summed E-state index contributed by atoms with van der Waals surface area (Å²) in [4.78, 5) is 11.2. The average molecular weight is 247 g/mol. The highest BCUT2D eigenvalue weighted by Gasteiger charge is 1.97. The molecule has 1 rings (SSSR count). The van der Waals surface area contributed by atoms with Gasteiger partial charge in [-0.1, -0.05) is 35.9 Å².